The first-order chi connectivity index (χ1) is 31.8. The van der Waals surface area contributed by atoms with Crippen LogP contribution in [0.2, 0.25) is 0 Å². The number of aromatic nitrogens is 2. The first-order valence-electron chi connectivity index (χ1n) is 22.2. The molecule has 12 aromatic rings. The van der Waals surface area contributed by atoms with Crippen molar-refractivity contribution in [1.82, 2.24) is 9.13 Å². The van der Waals surface area contributed by atoms with Gasteiger partial charge in [0.25, 0.3) is 6.71 Å². The van der Waals surface area contributed by atoms with Crippen LogP contribution in [0.4, 0.5) is 11.4 Å². The van der Waals surface area contributed by atoms with E-state index in [1.165, 1.54) is 110 Å². The topological polar surface area (TPSA) is 21.9 Å². The standard InChI is InChI=1S/C60H38BN3/c1-5-17-38(18-6-1)42-31-33-51-49(35-42)61-50-36-43(39-19-7-2-8-20-39)32-34-54(50)63-53-30-14-13-25-48(53)56-55(37-52(62-51)57(61)60(56)63)64-58-44(40-21-9-3-10-22-40)26-15-28-46(58)47-29-16-27-45(59(47)64)41-23-11-4-12-24-41/h1-37,62H. The molecular formula is C60H38BN3. The van der Waals surface area contributed by atoms with Crippen molar-refractivity contribution in [2.75, 3.05) is 5.32 Å². The molecule has 0 aliphatic carbocycles. The van der Waals surface area contributed by atoms with Crippen molar-refractivity contribution in [1.29, 1.82) is 0 Å². The van der Waals surface area contributed by atoms with Gasteiger partial charge in [0.2, 0.25) is 0 Å². The summed E-state index contributed by atoms with van der Waals surface area (Å²) in [6.07, 6.45) is 0. The molecule has 0 radical (unpaired) electrons. The fraction of sp³-hybridized carbons (Fsp3) is 0. The molecule has 2 aromatic heterocycles. The van der Waals surface area contributed by atoms with Crippen LogP contribution in [0, 0.1) is 0 Å². The van der Waals surface area contributed by atoms with Crippen LogP contribution >= 0.6 is 0 Å². The maximum absolute atomic E-state index is 4.09. The zero-order valence-corrected chi connectivity index (χ0v) is 34.8. The van der Waals surface area contributed by atoms with Crippen LogP contribution in [0.1, 0.15) is 0 Å². The third-order valence-electron chi connectivity index (χ3n) is 13.9. The lowest BCUT2D eigenvalue weighted by Gasteiger charge is -2.35. The van der Waals surface area contributed by atoms with Crippen molar-refractivity contribution in [3.8, 4) is 55.9 Å². The Kier molecular flexibility index (Phi) is 7.49. The van der Waals surface area contributed by atoms with Gasteiger partial charge in [-0.25, -0.2) is 0 Å². The highest BCUT2D eigenvalue weighted by atomic mass is 15.0. The van der Waals surface area contributed by atoms with Gasteiger partial charge < -0.3 is 14.5 Å². The number of nitrogens with zero attached hydrogens (tertiary/aromatic N) is 2. The second kappa shape index (κ2) is 13.6. The van der Waals surface area contributed by atoms with Gasteiger partial charge in [-0.3, -0.25) is 0 Å². The lowest BCUT2D eigenvalue weighted by atomic mass is 9.33. The fourth-order valence-electron chi connectivity index (χ4n) is 11.2. The number of hydrogen-bond acceptors (Lipinski definition) is 1. The van der Waals surface area contributed by atoms with Crippen LogP contribution in [-0.4, -0.2) is 15.8 Å². The molecule has 0 bridgehead atoms. The molecule has 0 unspecified atom stereocenters. The molecule has 0 amide bonds. The smallest absolute Gasteiger partial charge is 0.252 e. The number of rotatable bonds is 5. The molecule has 0 atom stereocenters. The lowest BCUT2D eigenvalue weighted by Crippen LogP contribution is -2.59. The minimum absolute atomic E-state index is 0.0140. The Bertz CT molecular complexity index is 3750. The van der Waals surface area contributed by atoms with Gasteiger partial charge in [0.15, 0.2) is 0 Å². The van der Waals surface area contributed by atoms with Crippen LogP contribution < -0.4 is 21.7 Å². The maximum Gasteiger partial charge on any atom is 0.252 e. The summed E-state index contributed by atoms with van der Waals surface area (Å²) in [5.74, 6) is 0. The Labute approximate surface area is 371 Å². The quantitative estimate of drug-likeness (QED) is 0.172. The van der Waals surface area contributed by atoms with Crippen molar-refractivity contribution in [3.63, 3.8) is 0 Å². The first-order valence-corrected chi connectivity index (χ1v) is 22.2. The number of fused-ring (bicyclic) bond motifs is 11. The summed E-state index contributed by atoms with van der Waals surface area (Å²) in [6.45, 7) is -0.0140. The predicted molar refractivity (Wildman–Crippen MR) is 271 cm³/mol. The van der Waals surface area contributed by atoms with E-state index in [-0.39, 0.29) is 6.71 Å². The van der Waals surface area contributed by atoms with Crippen molar-refractivity contribution >= 4 is 78.1 Å². The molecule has 1 N–H and O–H groups in total. The highest BCUT2D eigenvalue weighted by molar-refractivity contribution is 7.00. The molecule has 2 aliphatic heterocycles. The van der Waals surface area contributed by atoms with Gasteiger partial charge >= 0.3 is 0 Å². The van der Waals surface area contributed by atoms with E-state index in [0.717, 1.165) is 17.1 Å². The number of nitrogens with one attached hydrogen (secondary N) is 1. The van der Waals surface area contributed by atoms with Gasteiger partial charge in [0.05, 0.1) is 27.8 Å². The minimum Gasteiger partial charge on any atom is -0.356 e. The zero-order valence-electron chi connectivity index (χ0n) is 34.8. The molecular weight excluding hydrogens is 773 g/mol. The van der Waals surface area contributed by atoms with E-state index in [9.17, 15) is 0 Å². The highest BCUT2D eigenvalue weighted by Gasteiger charge is 2.41. The number of para-hydroxylation sites is 3. The van der Waals surface area contributed by atoms with E-state index >= 15 is 0 Å². The van der Waals surface area contributed by atoms with Crippen molar-refractivity contribution in [3.05, 3.63) is 224 Å². The summed E-state index contributed by atoms with van der Waals surface area (Å²) in [7, 11) is 0. The Morgan fingerprint density at radius 3 is 1.45 bits per heavy atom. The largest absolute Gasteiger partial charge is 0.356 e. The van der Waals surface area contributed by atoms with Gasteiger partial charge in [-0.2, -0.15) is 0 Å². The van der Waals surface area contributed by atoms with E-state index in [2.05, 4.69) is 239 Å². The van der Waals surface area contributed by atoms with E-state index in [0.29, 0.717) is 0 Å². The molecule has 2 aliphatic rings. The van der Waals surface area contributed by atoms with Crippen molar-refractivity contribution in [2.45, 2.75) is 0 Å². The molecule has 0 fully saturated rings. The number of anilines is 2. The molecule has 64 heavy (non-hydrogen) atoms. The number of hydrogen-bond donors (Lipinski definition) is 1. The average molecular weight is 812 g/mol. The Morgan fingerprint density at radius 1 is 0.328 bits per heavy atom. The second-order valence-corrected chi connectivity index (χ2v) is 17.3. The molecule has 0 saturated heterocycles. The van der Waals surface area contributed by atoms with Gasteiger partial charge in [0, 0.05) is 49.7 Å². The molecule has 4 heterocycles. The molecule has 0 spiro atoms. The van der Waals surface area contributed by atoms with Crippen molar-refractivity contribution < 1.29 is 0 Å². The van der Waals surface area contributed by atoms with Crippen molar-refractivity contribution in [2.24, 2.45) is 0 Å². The summed E-state index contributed by atoms with van der Waals surface area (Å²) >= 11 is 0. The maximum atomic E-state index is 4.09. The van der Waals surface area contributed by atoms with Crippen LogP contribution in [0.3, 0.4) is 0 Å². The summed E-state index contributed by atoms with van der Waals surface area (Å²) in [5.41, 5.74) is 23.1. The summed E-state index contributed by atoms with van der Waals surface area (Å²) in [4.78, 5) is 0. The normalized spacial score (nSPS) is 12.5. The first kappa shape index (κ1) is 35.3. The minimum atomic E-state index is -0.0140. The molecule has 14 rings (SSSR count). The van der Waals surface area contributed by atoms with E-state index in [1.807, 2.05) is 0 Å². The molecule has 0 saturated carbocycles. The SMILES string of the molecule is c1ccc(-c2ccc3c(c2)B2c4cc(-c5ccccc5)ccc4-n4c5ccccc5c5c(-n6c7c(-c8ccccc8)cccc7c7cccc(-c8ccccc8)c76)cc(c2c54)N3)cc1. The van der Waals surface area contributed by atoms with Gasteiger partial charge in [0.1, 0.15) is 0 Å². The summed E-state index contributed by atoms with van der Waals surface area (Å²) < 4.78 is 5.19. The Hall–Kier alpha value is -8.34. The third-order valence-corrected chi connectivity index (χ3v) is 13.9. The average Bonchev–Trinajstić information content (AvgIpc) is 3.91. The predicted octanol–water partition coefficient (Wildman–Crippen LogP) is 13.4. The molecule has 10 aromatic carbocycles. The molecule has 3 nitrogen and oxygen atoms in total. The monoisotopic (exact) mass is 811 g/mol. The van der Waals surface area contributed by atoms with Gasteiger partial charge in [-0.05, 0) is 74.0 Å². The summed E-state index contributed by atoms with van der Waals surface area (Å²) in [6, 6.07) is 82.8. The third kappa shape index (κ3) is 4.99. The van der Waals surface area contributed by atoms with E-state index < -0.39 is 0 Å². The lowest BCUT2D eigenvalue weighted by molar-refractivity contribution is 1.17. The Morgan fingerprint density at radius 2 is 0.844 bits per heavy atom. The molecule has 4 heteroatoms. The van der Waals surface area contributed by atoms with Crippen LogP contribution in [0.25, 0.3) is 99.5 Å². The molecule has 296 valence electrons. The number of benzene rings is 10. The fourth-order valence-corrected chi connectivity index (χ4v) is 11.2. The van der Waals surface area contributed by atoms with Gasteiger partial charge in [-0.1, -0.05) is 200 Å². The zero-order chi connectivity index (χ0) is 41.9. The highest BCUT2D eigenvalue weighted by Crippen LogP contribution is 2.47. The van der Waals surface area contributed by atoms with E-state index in [4.69, 9.17) is 0 Å². The van der Waals surface area contributed by atoms with Crippen LogP contribution in [0.15, 0.2) is 224 Å². The second-order valence-electron chi connectivity index (χ2n) is 17.3. The van der Waals surface area contributed by atoms with E-state index in [1.54, 1.807) is 0 Å². The van der Waals surface area contributed by atoms with Crippen LogP contribution in [-0.2, 0) is 0 Å². The van der Waals surface area contributed by atoms with Crippen LogP contribution in [0.5, 0.6) is 0 Å². The Balaban J connectivity index is 1.16. The van der Waals surface area contributed by atoms with Gasteiger partial charge in [-0.15, -0.1) is 0 Å². The summed E-state index contributed by atoms with van der Waals surface area (Å²) in [5, 5.41) is 9.05.